The van der Waals surface area contributed by atoms with Gasteiger partial charge in [0, 0.05) is 6.54 Å². The van der Waals surface area contributed by atoms with Crippen LogP contribution in [0.15, 0.2) is 0 Å². The minimum absolute atomic E-state index is 0.151. The maximum absolute atomic E-state index is 11.5. The molecule has 5 heteroatoms. The summed E-state index contributed by atoms with van der Waals surface area (Å²) in [7, 11) is 0. The van der Waals surface area contributed by atoms with E-state index in [1.807, 2.05) is 5.48 Å². The van der Waals surface area contributed by atoms with Crippen molar-refractivity contribution in [3.63, 3.8) is 0 Å². The fourth-order valence-corrected chi connectivity index (χ4v) is 2.67. The van der Waals surface area contributed by atoms with Crippen molar-refractivity contribution in [2.45, 2.75) is 117 Å². The Balaban J connectivity index is 0. The van der Waals surface area contributed by atoms with E-state index in [1.165, 1.54) is 57.8 Å². The average molecular weight is 374 g/mol. The zero-order valence-corrected chi connectivity index (χ0v) is 17.8. The SMILES string of the molecule is CCCCCC(NO)C(=O)NCCCN.CCCCCCCCCCC. The number of carbonyl (C=O) groups is 1. The Bertz CT molecular complexity index is 268. The Morgan fingerprint density at radius 3 is 1.69 bits per heavy atom. The van der Waals surface area contributed by atoms with Crippen LogP contribution in [-0.4, -0.2) is 30.2 Å². The predicted octanol–water partition coefficient (Wildman–Crippen LogP) is 4.92. The van der Waals surface area contributed by atoms with Crippen LogP contribution in [0.5, 0.6) is 0 Å². The molecule has 0 aromatic rings. The van der Waals surface area contributed by atoms with Crippen LogP contribution in [0.2, 0.25) is 0 Å². The highest BCUT2D eigenvalue weighted by molar-refractivity contribution is 5.81. The van der Waals surface area contributed by atoms with E-state index in [0.717, 1.165) is 25.7 Å². The zero-order chi connectivity index (χ0) is 19.9. The molecule has 0 heterocycles. The molecular formula is C21H47N3O2. The third-order valence-electron chi connectivity index (χ3n) is 4.46. The van der Waals surface area contributed by atoms with Gasteiger partial charge in [0.2, 0.25) is 5.91 Å². The van der Waals surface area contributed by atoms with E-state index in [9.17, 15) is 4.79 Å². The van der Waals surface area contributed by atoms with Gasteiger partial charge >= 0.3 is 0 Å². The number of hydrogen-bond acceptors (Lipinski definition) is 4. The van der Waals surface area contributed by atoms with Crippen molar-refractivity contribution in [1.82, 2.24) is 10.8 Å². The second-order valence-corrected chi connectivity index (χ2v) is 7.09. The first-order valence-electron chi connectivity index (χ1n) is 11.0. The molecule has 0 radical (unpaired) electrons. The summed E-state index contributed by atoms with van der Waals surface area (Å²) in [6, 6.07) is -0.491. The molecule has 0 aliphatic heterocycles. The van der Waals surface area contributed by atoms with Crippen LogP contribution in [0, 0.1) is 0 Å². The number of hydrogen-bond donors (Lipinski definition) is 4. The van der Waals surface area contributed by atoms with Gasteiger partial charge in [-0.1, -0.05) is 97.8 Å². The molecular weight excluding hydrogens is 326 g/mol. The molecule has 0 aliphatic carbocycles. The van der Waals surface area contributed by atoms with Crippen LogP contribution in [0.25, 0.3) is 0 Å². The molecule has 158 valence electrons. The third-order valence-corrected chi connectivity index (χ3v) is 4.46. The van der Waals surface area contributed by atoms with Crippen molar-refractivity contribution in [2.75, 3.05) is 13.1 Å². The minimum atomic E-state index is -0.491. The van der Waals surface area contributed by atoms with Crippen molar-refractivity contribution in [2.24, 2.45) is 5.73 Å². The Labute approximate surface area is 162 Å². The Hall–Kier alpha value is -0.650. The number of carbonyl (C=O) groups excluding carboxylic acids is 1. The minimum Gasteiger partial charge on any atom is -0.355 e. The monoisotopic (exact) mass is 373 g/mol. The summed E-state index contributed by atoms with van der Waals surface area (Å²) in [6.45, 7) is 7.78. The number of rotatable bonds is 17. The molecule has 0 aromatic carbocycles. The highest BCUT2D eigenvalue weighted by Gasteiger charge is 2.15. The summed E-state index contributed by atoms with van der Waals surface area (Å²) >= 11 is 0. The summed E-state index contributed by atoms with van der Waals surface area (Å²) in [4.78, 5) is 11.5. The fourth-order valence-electron chi connectivity index (χ4n) is 2.67. The number of hydroxylamine groups is 1. The first-order valence-corrected chi connectivity index (χ1v) is 11.0. The van der Waals surface area contributed by atoms with E-state index in [2.05, 4.69) is 26.1 Å². The van der Waals surface area contributed by atoms with Crippen molar-refractivity contribution in [3.05, 3.63) is 0 Å². The quantitative estimate of drug-likeness (QED) is 0.215. The summed E-state index contributed by atoms with van der Waals surface area (Å²) in [5, 5.41) is 11.5. The molecule has 5 nitrogen and oxygen atoms in total. The molecule has 0 aromatic heterocycles. The maximum Gasteiger partial charge on any atom is 0.239 e. The van der Waals surface area contributed by atoms with E-state index >= 15 is 0 Å². The van der Waals surface area contributed by atoms with Crippen LogP contribution in [0.3, 0.4) is 0 Å². The number of amides is 1. The predicted molar refractivity (Wildman–Crippen MR) is 112 cm³/mol. The second kappa shape index (κ2) is 24.4. The van der Waals surface area contributed by atoms with Crippen LogP contribution in [0.1, 0.15) is 111 Å². The Kier molecular flexibility index (Phi) is 25.8. The molecule has 0 spiro atoms. The highest BCUT2D eigenvalue weighted by Crippen LogP contribution is 2.08. The lowest BCUT2D eigenvalue weighted by atomic mass is 10.1. The smallest absolute Gasteiger partial charge is 0.239 e. The normalized spacial score (nSPS) is 11.6. The van der Waals surface area contributed by atoms with Crippen LogP contribution in [0.4, 0.5) is 0 Å². The van der Waals surface area contributed by atoms with Crippen LogP contribution >= 0.6 is 0 Å². The molecule has 26 heavy (non-hydrogen) atoms. The summed E-state index contributed by atoms with van der Waals surface area (Å²) < 4.78 is 0. The van der Waals surface area contributed by atoms with E-state index < -0.39 is 6.04 Å². The van der Waals surface area contributed by atoms with Gasteiger partial charge in [-0.3, -0.25) is 4.79 Å². The number of nitrogens with one attached hydrogen (secondary N) is 2. The van der Waals surface area contributed by atoms with Gasteiger partial charge in [-0.15, -0.1) is 0 Å². The molecule has 0 fully saturated rings. The van der Waals surface area contributed by atoms with Crippen LogP contribution < -0.4 is 16.5 Å². The van der Waals surface area contributed by atoms with Gasteiger partial charge in [0.15, 0.2) is 0 Å². The Morgan fingerprint density at radius 1 is 0.808 bits per heavy atom. The standard InChI is InChI=1S/C11H24.C10H23N3O2/c1-3-5-7-9-11-10-8-6-4-2;1-2-3-4-6-9(13-15)10(14)12-8-5-7-11/h3-11H2,1-2H3;9,13,15H,2-8,11H2,1H3,(H,12,14). The molecule has 1 amide bonds. The second-order valence-electron chi connectivity index (χ2n) is 7.09. The summed E-state index contributed by atoms with van der Waals surface area (Å²) in [5.74, 6) is -0.151. The van der Waals surface area contributed by atoms with Gasteiger partial charge in [0.25, 0.3) is 0 Å². The maximum atomic E-state index is 11.5. The lowest BCUT2D eigenvalue weighted by Crippen LogP contribution is -2.43. The number of nitrogens with two attached hydrogens (primary N) is 1. The molecule has 5 N–H and O–H groups in total. The van der Waals surface area contributed by atoms with E-state index in [-0.39, 0.29) is 5.91 Å². The summed E-state index contributed by atoms with van der Waals surface area (Å²) in [6.07, 6.45) is 17.5. The zero-order valence-electron chi connectivity index (χ0n) is 17.8. The van der Waals surface area contributed by atoms with Gasteiger partial charge in [-0.25, -0.2) is 0 Å². The van der Waals surface area contributed by atoms with Gasteiger partial charge in [0.1, 0.15) is 6.04 Å². The molecule has 0 saturated heterocycles. The van der Waals surface area contributed by atoms with Gasteiger partial charge in [-0.2, -0.15) is 5.48 Å². The van der Waals surface area contributed by atoms with Crippen molar-refractivity contribution in [3.8, 4) is 0 Å². The van der Waals surface area contributed by atoms with Gasteiger partial charge in [-0.05, 0) is 19.4 Å². The highest BCUT2D eigenvalue weighted by atomic mass is 16.5. The van der Waals surface area contributed by atoms with E-state index in [0.29, 0.717) is 19.5 Å². The Morgan fingerprint density at radius 2 is 1.27 bits per heavy atom. The van der Waals surface area contributed by atoms with E-state index in [1.54, 1.807) is 0 Å². The van der Waals surface area contributed by atoms with Gasteiger partial charge < -0.3 is 16.3 Å². The molecule has 0 saturated carbocycles. The van der Waals surface area contributed by atoms with Gasteiger partial charge in [0.05, 0.1) is 0 Å². The third kappa shape index (κ3) is 21.4. The molecule has 0 aliphatic rings. The molecule has 0 rings (SSSR count). The van der Waals surface area contributed by atoms with Crippen molar-refractivity contribution < 1.29 is 10.0 Å². The van der Waals surface area contributed by atoms with Crippen molar-refractivity contribution in [1.29, 1.82) is 0 Å². The average Bonchev–Trinajstić information content (AvgIpc) is 2.65. The first-order chi connectivity index (χ1) is 12.7. The largest absolute Gasteiger partial charge is 0.355 e. The molecule has 1 unspecified atom stereocenters. The fraction of sp³-hybridized carbons (Fsp3) is 0.952. The lowest BCUT2D eigenvalue weighted by molar-refractivity contribution is -0.125. The number of unbranched alkanes of at least 4 members (excludes halogenated alkanes) is 10. The van der Waals surface area contributed by atoms with Crippen molar-refractivity contribution >= 4 is 5.91 Å². The molecule has 1 atom stereocenters. The summed E-state index contributed by atoms with van der Waals surface area (Å²) in [5.41, 5.74) is 7.35. The van der Waals surface area contributed by atoms with Crippen LogP contribution in [-0.2, 0) is 4.79 Å². The molecule has 0 bridgehead atoms. The lowest BCUT2D eigenvalue weighted by Gasteiger charge is -2.14. The van der Waals surface area contributed by atoms with E-state index in [4.69, 9.17) is 10.9 Å². The first kappa shape index (κ1) is 27.6. The topological polar surface area (TPSA) is 87.4 Å².